The molecule has 3 N–H and O–H groups in total. The highest BCUT2D eigenvalue weighted by atomic mass is 79.9. The number of likely N-dealkylation sites (tertiary alicyclic amines) is 2. The van der Waals surface area contributed by atoms with Crippen molar-refractivity contribution in [1.82, 2.24) is 39.4 Å². The molecule has 4 aliphatic rings. The van der Waals surface area contributed by atoms with Gasteiger partial charge in [0.1, 0.15) is 12.1 Å². The number of piperidine rings is 1. The van der Waals surface area contributed by atoms with Gasteiger partial charge in [-0.25, -0.2) is 9.37 Å². The van der Waals surface area contributed by atoms with Crippen molar-refractivity contribution < 1.29 is 28.6 Å². The Hall–Kier alpha value is -5.07. The molecule has 6 aromatic rings. The summed E-state index contributed by atoms with van der Waals surface area (Å²) < 4.78 is 26.7. The monoisotopic (exact) mass is 1050 g/mol. The highest BCUT2D eigenvalue weighted by Crippen LogP contribution is 2.41. The highest BCUT2D eigenvalue weighted by Gasteiger charge is 2.53. The first-order valence-corrected chi connectivity index (χ1v) is 26.9. The number of aryl methyl sites for hydroxylation is 1. The number of ether oxygens (including phenoxy) is 1. The van der Waals surface area contributed by atoms with Crippen LogP contribution in [0.25, 0.3) is 38.2 Å². The minimum absolute atomic E-state index is 0.0185. The van der Waals surface area contributed by atoms with Crippen molar-refractivity contribution in [1.29, 1.82) is 0 Å². The van der Waals surface area contributed by atoms with E-state index in [1.807, 2.05) is 54.9 Å². The number of aliphatic hydroxyl groups is 1. The smallest absolute Gasteiger partial charge is 0.283 e. The molecule has 4 fully saturated rings. The lowest BCUT2D eigenvalue weighted by Gasteiger charge is -2.36. The second-order valence-electron chi connectivity index (χ2n) is 21.5. The Balaban J connectivity index is 0.826. The Morgan fingerprint density at radius 3 is 2.39 bits per heavy atom. The molecule has 0 bridgehead atoms. The number of benzene rings is 3. The molecule has 14 nitrogen and oxygen atoms in total. The SMILES string of the molecule is Cc1ncsc1-c1ccc(C(COC(C)CN2CCC(c3ccc4c(c3)n(C3CCCC3)c3nc(=O)c5c(Br)cccc5n43)CC2)NC(=O)C2CC(O)CN2C(=O)C(NC(=O)C2(F)CC2)C(C)(C)C)cc1. The molecule has 17 heteroatoms. The minimum Gasteiger partial charge on any atom is -0.391 e. The van der Waals surface area contributed by atoms with Crippen molar-refractivity contribution in [2.45, 2.75) is 140 Å². The summed E-state index contributed by atoms with van der Waals surface area (Å²) >= 11 is 5.17. The molecule has 376 valence electrons. The van der Waals surface area contributed by atoms with E-state index < -0.39 is 53.0 Å². The number of hydrogen-bond donors (Lipinski definition) is 3. The number of β-amino-alcohol motifs (C(OH)–C–C–N with tert-alkyl or cyclic N) is 1. The third-order valence-electron chi connectivity index (χ3n) is 15.4. The van der Waals surface area contributed by atoms with Gasteiger partial charge in [-0.2, -0.15) is 4.98 Å². The van der Waals surface area contributed by atoms with Crippen LogP contribution < -0.4 is 16.2 Å². The number of amides is 3. The van der Waals surface area contributed by atoms with Crippen LogP contribution >= 0.6 is 27.3 Å². The van der Waals surface area contributed by atoms with Crippen LogP contribution in [0, 0.1) is 12.3 Å². The van der Waals surface area contributed by atoms with E-state index in [9.17, 15) is 28.7 Å². The largest absolute Gasteiger partial charge is 0.391 e. The van der Waals surface area contributed by atoms with E-state index in [1.165, 1.54) is 10.5 Å². The number of hydrogen-bond acceptors (Lipinski definition) is 10. The molecule has 10 rings (SSSR count). The summed E-state index contributed by atoms with van der Waals surface area (Å²) in [5.74, 6) is -0.729. The maximum absolute atomic E-state index is 14.8. The first-order chi connectivity index (χ1) is 34.0. The zero-order valence-electron chi connectivity index (χ0n) is 41.1. The molecule has 3 aromatic carbocycles. The summed E-state index contributed by atoms with van der Waals surface area (Å²) in [6, 6.07) is 18.2. The standard InChI is InChI=1S/C54H64BrFN8O6S/c1-31(27-61-23-19-33(20-24-61)36-17-18-41-43(25-36)63(37-9-6-7-10-37)52-60-49(67)45-39(55)11-8-12-42(45)64(41)52)70-29-40(34-13-15-35(16-14-34)46-32(2)57-30-71-46)58-48(66)44-26-38(65)28-62(44)50(68)47(53(3,4)5)59-51(69)54(56)21-22-54/h8,11-18,25,30-31,33,37-38,40,44,47,65H,6-7,9-10,19-24,26-29H2,1-5H3,(H,58,66)(H,59,69). The first-order valence-electron chi connectivity index (χ1n) is 25.3. The number of aliphatic hydroxyl groups excluding tert-OH is 1. The molecule has 0 radical (unpaired) electrons. The van der Waals surface area contributed by atoms with E-state index in [1.54, 1.807) is 32.1 Å². The summed E-state index contributed by atoms with van der Waals surface area (Å²) in [6.45, 7) is 11.9. The maximum Gasteiger partial charge on any atom is 0.283 e. The fourth-order valence-electron chi connectivity index (χ4n) is 11.2. The second kappa shape index (κ2) is 19.7. The van der Waals surface area contributed by atoms with Crippen LogP contribution in [0.3, 0.4) is 0 Å². The molecule has 3 aromatic heterocycles. The third-order valence-corrected chi connectivity index (χ3v) is 17.0. The Morgan fingerprint density at radius 1 is 0.986 bits per heavy atom. The van der Waals surface area contributed by atoms with E-state index >= 15 is 0 Å². The van der Waals surface area contributed by atoms with Crippen molar-refractivity contribution >= 4 is 72.7 Å². The number of nitrogens with zero attached hydrogens (tertiary/aromatic N) is 6. The Bertz CT molecular complexity index is 3040. The van der Waals surface area contributed by atoms with Crippen LogP contribution in [0.5, 0.6) is 0 Å². The molecular formula is C54H64BrFN8O6S. The van der Waals surface area contributed by atoms with Gasteiger partial charge in [-0.15, -0.1) is 11.3 Å². The Labute approximate surface area is 425 Å². The van der Waals surface area contributed by atoms with Gasteiger partial charge in [0.25, 0.3) is 11.5 Å². The number of carbonyl (C=O) groups is 3. The summed E-state index contributed by atoms with van der Waals surface area (Å²) in [6.07, 6.45) is 5.51. The van der Waals surface area contributed by atoms with E-state index in [-0.39, 0.29) is 50.1 Å². The van der Waals surface area contributed by atoms with E-state index in [4.69, 9.17) is 9.72 Å². The van der Waals surface area contributed by atoms with Gasteiger partial charge < -0.3 is 34.8 Å². The number of rotatable bonds is 14. The van der Waals surface area contributed by atoms with Crippen LogP contribution in [-0.2, 0) is 19.1 Å². The van der Waals surface area contributed by atoms with E-state index in [0.29, 0.717) is 23.6 Å². The summed E-state index contributed by atoms with van der Waals surface area (Å²) in [4.78, 5) is 68.9. The maximum atomic E-state index is 14.8. The normalized spacial score (nSPS) is 21.3. The van der Waals surface area contributed by atoms with Gasteiger partial charge in [0.2, 0.25) is 17.6 Å². The van der Waals surface area contributed by atoms with Crippen LogP contribution in [0.4, 0.5) is 4.39 Å². The highest BCUT2D eigenvalue weighted by molar-refractivity contribution is 9.10. The molecule has 5 atom stereocenters. The number of thiazole rings is 1. The van der Waals surface area contributed by atoms with Crippen LogP contribution in [-0.4, -0.2) is 114 Å². The lowest BCUT2D eigenvalue weighted by Crippen LogP contribution is -2.59. The minimum atomic E-state index is -1.98. The zero-order valence-corrected chi connectivity index (χ0v) is 43.5. The van der Waals surface area contributed by atoms with E-state index in [0.717, 1.165) is 94.3 Å². The molecule has 0 spiro atoms. The van der Waals surface area contributed by atoms with Crippen LogP contribution in [0.2, 0.25) is 0 Å². The number of aromatic nitrogens is 4. The number of fused-ring (bicyclic) bond motifs is 5. The molecule has 3 amide bonds. The topological polar surface area (TPSA) is 163 Å². The average Bonchev–Trinajstić information content (AvgIpc) is 3.79. The predicted octanol–water partition coefficient (Wildman–Crippen LogP) is 8.55. The predicted molar refractivity (Wildman–Crippen MR) is 277 cm³/mol. The lowest BCUT2D eigenvalue weighted by molar-refractivity contribution is -0.145. The van der Waals surface area contributed by atoms with Crippen molar-refractivity contribution in [3.8, 4) is 10.4 Å². The molecular weight excluding hydrogens is 988 g/mol. The first kappa shape index (κ1) is 49.5. The number of imidazole rings is 1. The van der Waals surface area contributed by atoms with Crippen molar-refractivity contribution in [2.24, 2.45) is 5.41 Å². The van der Waals surface area contributed by atoms with Gasteiger partial charge in [-0.05, 0) is 134 Å². The average molecular weight is 1050 g/mol. The molecule has 2 saturated heterocycles. The molecule has 5 unspecified atom stereocenters. The second-order valence-corrected chi connectivity index (χ2v) is 23.3. The lowest BCUT2D eigenvalue weighted by atomic mass is 9.85. The Morgan fingerprint density at radius 2 is 1.72 bits per heavy atom. The van der Waals surface area contributed by atoms with Gasteiger partial charge in [0, 0.05) is 30.0 Å². The molecule has 2 saturated carbocycles. The third kappa shape index (κ3) is 9.93. The van der Waals surface area contributed by atoms with E-state index in [2.05, 4.69) is 70.5 Å². The molecule has 2 aliphatic carbocycles. The van der Waals surface area contributed by atoms with Gasteiger partial charge in [0.05, 0.1) is 62.9 Å². The fraction of sp³-hybridized carbons (Fsp3) is 0.519. The fourth-order valence-corrected chi connectivity index (χ4v) is 12.5. The Kier molecular flexibility index (Phi) is 13.8. The van der Waals surface area contributed by atoms with Gasteiger partial charge >= 0.3 is 0 Å². The molecule has 2 aliphatic heterocycles. The zero-order chi connectivity index (χ0) is 49.9. The van der Waals surface area contributed by atoms with Crippen molar-refractivity contribution in [3.63, 3.8) is 0 Å². The number of halogens is 2. The summed E-state index contributed by atoms with van der Waals surface area (Å²) in [5, 5.41) is 17.3. The van der Waals surface area contributed by atoms with Crippen molar-refractivity contribution in [3.05, 3.63) is 97.8 Å². The number of nitrogens with one attached hydrogen (secondary N) is 2. The summed E-state index contributed by atoms with van der Waals surface area (Å²) in [5.41, 5.74) is 5.92. The number of carbonyl (C=O) groups excluding carboxylic acids is 3. The quantitative estimate of drug-likeness (QED) is 0.0971. The summed E-state index contributed by atoms with van der Waals surface area (Å²) in [7, 11) is 0. The van der Waals surface area contributed by atoms with Gasteiger partial charge in [-0.3, -0.25) is 23.6 Å². The van der Waals surface area contributed by atoms with Crippen molar-refractivity contribution in [2.75, 3.05) is 32.8 Å². The molecule has 71 heavy (non-hydrogen) atoms. The van der Waals surface area contributed by atoms with Crippen LogP contribution in [0.1, 0.15) is 120 Å². The van der Waals surface area contributed by atoms with Crippen LogP contribution in [0.15, 0.2) is 75.4 Å². The molecule has 5 heterocycles. The number of alkyl halides is 1. The van der Waals surface area contributed by atoms with Gasteiger partial charge in [0.15, 0.2) is 5.67 Å². The van der Waals surface area contributed by atoms with Gasteiger partial charge in [-0.1, -0.05) is 70.0 Å².